The summed E-state index contributed by atoms with van der Waals surface area (Å²) >= 11 is 4.77. The van der Waals surface area contributed by atoms with Crippen molar-refractivity contribution < 1.29 is 4.79 Å². The number of hydrogen-bond donors (Lipinski definition) is 0. The maximum absolute atomic E-state index is 9.88. The molecule has 0 saturated carbocycles. The summed E-state index contributed by atoms with van der Waals surface area (Å²) < 4.78 is 1.13. The van der Waals surface area contributed by atoms with Gasteiger partial charge in [-0.3, -0.25) is 4.79 Å². The molecule has 14 heavy (non-hydrogen) atoms. The molecule has 0 saturated heterocycles. The third kappa shape index (κ3) is 4.35. The van der Waals surface area contributed by atoms with Crippen LogP contribution in [0.5, 0.6) is 0 Å². The zero-order valence-corrected chi connectivity index (χ0v) is 9.79. The Hall–Kier alpha value is -0.930. The van der Waals surface area contributed by atoms with Crippen LogP contribution in [0.25, 0.3) is 0 Å². The molecule has 0 radical (unpaired) electrons. The van der Waals surface area contributed by atoms with Crippen LogP contribution in [-0.2, 0) is 0 Å². The molecule has 0 fully saturated rings. The summed E-state index contributed by atoms with van der Waals surface area (Å²) in [6, 6.07) is 13.6. The van der Waals surface area contributed by atoms with Gasteiger partial charge in [-0.1, -0.05) is 40.2 Å². The van der Waals surface area contributed by atoms with Gasteiger partial charge in [0.2, 0.25) is 0 Å². The van der Waals surface area contributed by atoms with Crippen LogP contribution in [0.4, 0.5) is 0 Å². The first-order valence-electron chi connectivity index (χ1n) is 4.02. The second-order valence-corrected chi connectivity index (χ2v) is 4.32. The van der Waals surface area contributed by atoms with E-state index in [9.17, 15) is 4.79 Å². The summed E-state index contributed by atoms with van der Waals surface area (Å²) in [7, 11) is 0. The number of carbonyl (C=O) groups is 1. The SMILES string of the molecule is Brc1ccccc1.O=Cc1cccs1. The molecule has 72 valence electrons. The molecular formula is C11H9BrOS. The van der Waals surface area contributed by atoms with Gasteiger partial charge in [0.15, 0.2) is 6.29 Å². The van der Waals surface area contributed by atoms with Crippen molar-refractivity contribution in [2.75, 3.05) is 0 Å². The van der Waals surface area contributed by atoms with Crippen LogP contribution in [0.1, 0.15) is 9.67 Å². The van der Waals surface area contributed by atoms with E-state index in [1.165, 1.54) is 11.3 Å². The highest BCUT2D eigenvalue weighted by Crippen LogP contribution is 2.05. The summed E-state index contributed by atoms with van der Waals surface area (Å²) in [5.74, 6) is 0. The van der Waals surface area contributed by atoms with E-state index < -0.39 is 0 Å². The first kappa shape index (κ1) is 11.1. The predicted molar refractivity (Wildman–Crippen MR) is 63.8 cm³/mol. The Labute approximate surface area is 95.5 Å². The molecule has 0 atom stereocenters. The van der Waals surface area contributed by atoms with Crippen LogP contribution in [-0.4, -0.2) is 6.29 Å². The molecule has 0 N–H and O–H groups in total. The molecule has 2 aromatic rings. The van der Waals surface area contributed by atoms with Crippen molar-refractivity contribution in [2.24, 2.45) is 0 Å². The minimum absolute atomic E-state index is 0.792. The highest BCUT2D eigenvalue weighted by Gasteiger charge is 1.82. The Morgan fingerprint density at radius 3 is 2.07 bits per heavy atom. The van der Waals surface area contributed by atoms with Crippen LogP contribution in [0, 0.1) is 0 Å². The second kappa shape index (κ2) is 6.51. The van der Waals surface area contributed by atoms with Gasteiger partial charge in [-0.15, -0.1) is 11.3 Å². The molecule has 1 aromatic heterocycles. The summed E-state index contributed by atoms with van der Waals surface area (Å²) in [6.07, 6.45) is 0.852. The Kier molecular flexibility index (Phi) is 5.19. The maximum atomic E-state index is 9.88. The standard InChI is InChI=1S/C6H5Br.C5H4OS/c7-6-4-2-1-3-5-6;6-4-5-2-1-3-7-5/h1-5H;1-4H. The molecule has 1 nitrogen and oxygen atoms in total. The first-order valence-corrected chi connectivity index (χ1v) is 5.69. The van der Waals surface area contributed by atoms with Crippen molar-refractivity contribution in [3.05, 3.63) is 57.2 Å². The number of benzene rings is 1. The first-order chi connectivity index (χ1) is 6.83. The third-order valence-electron chi connectivity index (χ3n) is 1.39. The Balaban J connectivity index is 0.000000140. The van der Waals surface area contributed by atoms with Crippen molar-refractivity contribution in [3.63, 3.8) is 0 Å². The molecule has 1 aromatic carbocycles. The Morgan fingerprint density at radius 2 is 1.79 bits per heavy atom. The van der Waals surface area contributed by atoms with Gasteiger partial charge in [0.25, 0.3) is 0 Å². The number of halogens is 1. The lowest BCUT2D eigenvalue weighted by atomic mass is 10.4. The van der Waals surface area contributed by atoms with E-state index >= 15 is 0 Å². The molecule has 0 aliphatic carbocycles. The topological polar surface area (TPSA) is 17.1 Å². The summed E-state index contributed by atoms with van der Waals surface area (Å²) in [4.78, 5) is 10.7. The highest BCUT2D eigenvalue weighted by atomic mass is 79.9. The third-order valence-corrected chi connectivity index (χ3v) is 2.72. The molecule has 0 spiro atoms. The molecule has 0 aliphatic rings. The predicted octanol–water partition coefficient (Wildman–Crippen LogP) is 4.01. The lowest BCUT2D eigenvalue weighted by Gasteiger charge is -1.80. The normalized spacial score (nSPS) is 8.64. The van der Waals surface area contributed by atoms with E-state index in [4.69, 9.17) is 0 Å². The summed E-state index contributed by atoms with van der Waals surface area (Å²) in [6.45, 7) is 0. The fourth-order valence-corrected chi connectivity index (χ4v) is 1.61. The van der Waals surface area contributed by atoms with Crippen LogP contribution in [0.3, 0.4) is 0 Å². The smallest absolute Gasteiger partial charge is 0.159 e. The fraction of sp³-hybridized carbons (Fsp3) is 0. The van der Waals surface area contributed by atoms with Gasteiger partial charge >= 0.3 is 0 Å². The molecule has 1 heterocycles. The van der Waals surface area contributed by atoms with Gasteiger partial charge in [-0.05, 0) is 23.6 Å². The fourth-order valence-electron chi connectivity index (χ4n) is 0.773. The molecule has 0 bridgehead atoms. The van der Waals surface area contributed by atoms with Gasteiger partial charge in [0, 0.05) is 4.47 Å². The molecular weight excluding hydrogens is 260 g/mol. The van der Waals surface area contributed by atoms with E-state index in [1.807, 2.05) is 41.8 Å². The van der Waals surface area contributed by atoms with Crippen molar-refractivity contribution in [3.8, 4) is 0 Å². The highest BCUT2D eigenvalue weighted by molar-refractivity contribution is 9.10. The van der Waals surface area contributed by atoms with E-state index in [0.717, 1.165) is 15.6 Å². The van der Waals surface area contributed by atoms with Crippen molar-refractivity contribution >= 4 is 33.6 Å². The van der Waals surface area contributed by atoms with E-state index in [-0.39, 0.29) is 0 Å². The van der Waals surface area contributed by atoms with Crippen molar-refractivity contribution in [1.29, 1.82) is 0 Å². The van der Waals surface area contributed by atoms with E-state index in [1.54, 1.807) is 6.07 Å². The minimum atomic E-state index is 0.792. The van der Waals surface area contributed by atoms with Crippen molar-refractivity contribution in [2.45, 2.75) is 0 Å². The average Bonchev–Trinajstić information content (AvgIpc) is 2.72. The summed E-state index contributed by atoms with van der Waals surface area (Å²) in [5.41, 5.74) is 0. The second-order valence-electron chi connectivity index (χ2n) is 2.43. The molecule has 0 aliphatic heterocycles. The number of rotatable bonds is 1. The van der Waals surface area contributed by atoms with Gasteiger partial charge in [-0.25, -0.2) is 0 Å². The zero-order chi connectivity index (χ0) is 10.2. The summed E-state index contributed by atoms with van der Waals surface area (Å²) in [5, 5.41) is 1.88. The van der Waals surface area contributed by atoms with Crippen LogP contribution >= 0.6 is 27.3 Å². The van der Waals surface area contributed by atoms with Crippen LogP contribution < -0.4 is 0 Å². The largest absolute Gasteiger partial charge is 0.297 e. The number of aldehydes is 1. The van der Waals surface area contributed by atoms with E-state index in [0.29, 0.717) is 0 Å². The molecule has 0 amide bonds. The van der Waals surface area contributed by atoms with Gasteiger partial charge in [-0.2, -0.15) is 0 Å². The molecule has 2 rings (SSSR count). The molecule has 0 unspecified atom stereocenters. The average molecular weight is 269 g/mol. The monoisotopic (exact) mass is 268 g/mol. The lowest BCUT2D eigenvalue weighted by molar-refractivity contribution is 0.112. The maximum Gasteiger partial charge on any atom is 0.159 e. The zero-order valence-electron chi connectivity index (χ0n) is 7.39. The van der Waals surface area contributed by atoms with Crippen LogP contribution in [0.15, 0.2) is 52.3 Å². The van der Waals surface area contributed by atoms with Crippen molar-refractivity contribution in [1.82, 2.24) is 0 Å². The number of carbonyl (C=O) groups excluding carboxylic acids is 1. The minimum Gasteiger partial charge on any atom is -0.297 e. The van der Waals surface area contributed by atoms with Gasteiger partial charge in [0.05, 0.1) is 4.88 Å². The Bertz CT molecular complexity index is 356. The van der Waals surface area contributed by atoms with Gasteiger partial charge < -0.3 is 0 Å². The quantitative estimate of drug-likeness (QED) is 0.715. The number of hydrogen-bond acceptors (Lipinski definition) is 2. The van der Waals surface area contributed by atoms with Crippen LogP contribution in [0.2, 0.25) is 0 Å². The van der Waals surface area contributed by atoms with E-state index in [2.05, 4.69) is 15.9 Å². The van der Waals surface area contributed by atoms with Gasteiger partial charge in [0.1, 0.15) is 0 Å². The molecule has 3 heteroatoms. The lowest BCUT2D eigenvalue weighted by Crippen LogP contribution is -1.61. The Morgan fingerprint density at radius 1 is 1.07 bits per heavy atom. The number of thiophene rings is 1.